The Morgan fingerprint density at radius 3 is 1.58 bits per heavy atom. The average Bonchev–Trinajstić information content (AvgIpc) is 2.04. The summed E-state index contributed by atoms with van der Waals surface area (Å²) in [5, 5.41) is 0. The summed E-state index contributed by atoms with van der Waals surface area (Å²) in [6, 6.07) is 0. The molecule has 0 rings (SSSR count). The van der Waals surface area contributed by atoms with E-state index in [1.807, 2.05) is 13.8 Å². The van der Waals surface area contributed by atoms with Crippen molar-refractivity contribution < 1.29 is 18.3 Å². The third kappa shape index (κ3) is 2.56. The van der Waals surface area contributed by atoms with Crippen LogP contribution in [0.15, 0.2) is 0 Å². The second-order valence-corrected chi connectivity index (χ2v) is 5.09. The zero-order chi connectivity index (χ0) is 9.78. The molecule has 0 saturated carbocycles. The van der Waals surface area contributed by atoms with Crippen molar-refractivity contribution in [1.29, 1.82) is 0 Å². The molecular formula is C7H17O4P. The molecule has 0 heterocycles. The number of hydrogen-bond donors (Lipinski definition) is 0. The predicted molar refractivity (Wildman–Crippen MR) is 47.3 cm³/mol. The predicted octanol–water partition coefficient (Wildman–Crippen LogP) is 2.10. The van der Waals surface area contributed by atoms with Gasteiger partial charge in [-0.25, -0.2) is 0 Å². The smallest absolute Gasteiger partial charge is 0.358 e. The molecule has 0 bridgehead atoms. The van der Waals surface area contributed by atoms with Crippen molar-refractivity contribution in [2.45, 2.75) is 19.7 Å². The maximum Gasteiger partial charge on any atom is 0.358 e. The third-order valence-electron chi connectivity index (χ3n) is 1.63. The summed E-state index contributed by atoms with van der Waals surface area (Å²) in [6.07, 6.45) is 0. The van der Waals surface area contributed by atoms with Gasteiger partial charge in [0.2, 0.25) is 0 Å². The van der Waals surface area contributed by atoms with Crippen LogP contribution in [-0.4, -0.2) is 27.2 Å². The van der Waals surface area contributed by atoms with Gasteiger partial charge >= 0.3 is 7.60 Å². The van der Waals surface area contributed by atoms with Gasteiger partial charge in [0, 0.05) is 21.3 Å². The first-order chi connectivity index (χ1) is 5.51. The first kappa shape index (κ1) is 12.1. The maximum absolute atomic E-state index is 11.8. The summed E-state index contributed by atoms with van der Waals surface area (Å²) < 4.78 is 26.4. The van der Waals surface area contributed by atoms with E-state index in [2.05, 4.69) is 0 Å². The summed E-state index contributed by atoms with van der Waals surface area (Å²) in [7, 11) is 1.15. The Morgan fingerprint density at radius 2 is 1.50 bits per heavy atom. The van der Waals surface area contributed by atoms with Crippen molar-refractivity contribution >= 4 is 7.60 Å². The van der Waals surface area contributed by atoms with Gasteiger partial charge in [-0.1, -0.05) is 13.8 Å². The topological polar surface area (TPSA) is 44.8 Å². The van der Waals surface area contributed by atoms with Gasteiger partial charge in [-0.05, 0) is 5.92 Å². The molecule has 0 N–H and O–H groups in total. The van der Waals surface area contributed by atoms with E-state index in [0.717, 1.165) is 0 Å². The van der Waals surface area contributed by atoms with Crippen LogP contribution in [0.5, 0.6) is 0 Å². The second-order valence-electron chi connectivity index (χ2n) is 2.78. The van der Waals surface area contributed by atoms with E-state index < -0.39 is 13.4 Å². The van der Waals surface area contributed by atoms with Gasteiger partial charge in [-0.2, -0.15) is 0 Å². The number of rotatable bonds is 5. The molecule has 0 aromatic carbocycles. The molecule has 0 aliphatic carbocycles. The minimum atomic E-state index is -3.07. The molecule has 4 nitrogen and oxygen atoms in total. The van der Waals surface area contributed by atoms with Gasteiger partial charge in [-0.3, -0.25) is 4.57 Å². The van der Waals surface area contributed by atoms with Crippen molar-refractivity contribution in [2.75, 3.05) is 21.3 Å². The average molecular weight is 196 g/mol. The molecule has 0 amide bonds. The fourth-order valence-corrected chi connectivity index (χ4v) is 2.60. The van der Waals surface area contributed by atoms with E-state index >= 15 is 0 Å². The van der Waals surface area contributed by atoms with Crippen LogP contribution in [-0.2, 0) is 18.3 Å². The Kier molecular flexibility index (Phi) is 5.02. The molecule has 1 atom stereocenters. The lowest BCUT2D eigenvalue weighted by molar-refractivity contribution is 0.0916. The van der Waals surface area contributed by atoms with Gasteiger partial charge in [0.15, 0.2) is 5.85 Å². The van der Waals surface area contributed by atoms with Gasteiger partial charge in [0.1, 0.15) is 0 Å². The van der Waals surface area contributed by atoms with Crippen LogP contribution in [0, 0.1) is 5.92 Å². The zero-order valence-corrected chi connectivity index (χ0v) is 9.13. The Balaban J connectivity index is 4.56. The summed E-state index contributed by atoms with van der Waals surface area (Å²) in [6.45, 7) is 3.80. The van der Waals surface area contributed by atoms with E-state index in [1.54, 1.807) is 0 Å². The summed E-state index contributed by atoms with van der Waals surface area (Å²) in [5.74, 6) is -0.395. The standard InChI is InChI=1S/C7H17O4P/c1-6(2)7(9-3)12(8,10-4)11-5/h6-7H,1-5H3. The van der Waals surface area contributed by atoms with E-state index in [0.29, 0.717) is 0 Å². The molecular weight excluding hydrogens is 179 g/mol. The Morgan fingerprint density at radius 1 is 1.08 bits per heavy atom. The Labute approximate surface area is 73.7 Å². The molecule has 12 heavy (non-hydrogen) atoms. The molecule has 0 fully saturated rings. The number of hydrogen-bond acceptors (Lipinski definition) is 4. The number of methoxy groups -OCH3 is 1. The van der Waals surface area contributed by atoms with Gasteiger partial charge < -0.3 is 13.8 Å². The fourth-order valence-electron chi connectivity index (χ4n) is 1.05. The molecule has 0 radical (unpaired) electrons. The van der Waals surface area contributed by atoms with Crippen LogP contribution >= 0.6 is 7.60 Å². The Hall–Kier alpha value is 0.110. The van der Waals surface area contributed by atoms with Gasteiger partial charge in [0.25, 0.3) is 0 Å². The maximum atomic E-state index is 11.8. The van der Waals surface area contributed by atoms with E-state index in [9.17, 15) is 4.57 Å². The minimum absolute atomic E-state index is 0.0979. The van der Waals surface area contributed by atoms with Crippen LogP contribution in [0.3, 0.4) is 0 Å². The molecule has 74 valence electrons. The van der Waals surface area contributed by atoms with Crippen LogP contribution < -0.4 is 0 Å². The molecule has 1 unspecified atom stereocenters. The van der Waals surface area contributed by atoms with Crippen LogP contribution in [0.2, 0.25) is 0 Å². The molecule has 0 aliphatic heterocycles. The quantitative estimate of drug-likeness (QED) is 0.631. The molecule has 5 heteroatoms. The lowest BCUT2D eigenvalue weighted by Crippen LogP contribution is -2.19. The van der Waals surface area contributed by atoms with Gasteiger partial charge in [0.05, 0.1) is 0 Å². The monoisotopic (exact) mass is 196 g/mol. The highest BCUT2D eigenvalue weighted by Crippen LogP contribution is 2.54. The van der Waals surface area contributed by atoms with Gasteiger partial charge in [-0.15, -0.1) is 0 Å². The zero-order valence-electron chi connectivity index (χ0n) is 8.23. The first-order valence-electron chi connectivity index (χ1n) is 3.75. The molecule has 0 saturated heterocycles. The Bertz CT molecular complexity index is 161. The number of ether oxygens (including phenoxy) is 1. The van der Waals surface area contributed by atoms with Crippen molar-refractivity contribution in [3.8, 4) is 0 Å². The lowest BCUT2D eigenvalue weighted by Gasteiger charge is -2.25. The van der Waals surface area contributed by atoms with E-state index in [1.165, 1.54) is 21.3 Å². The van der Waals surface area contributed by atoms with E-state index in [-0.39, 0.29) is 5.92 Å². The van der Waals surface area contributed by atoms with E-state index in [4.69, 9.17) is 13.8 Å². The lowest BCUT2D eigenvalue weighted by atomic mass is 10.2. The second kappa shape index (κ2) is 4.97. The summed E-state index contributed by atoms with van der Waals surface area (Å²) in [5.41, 5.74) is 0. The summed E-state index contributed by atoms with van der Waals surface area (Å²) in [4.78, 5) is 0. The fraction of sp³-hybridized carbons (Fsp3) is 1.00. The highest BCUT2D eigenvalue weighted by Gasteiger charge is 2.36. The van der Waals surface area contributed by atoms with Crippen molar-refractivity contribution in [1.82, 2.24) is 0 Å². The normalized spacial score (nSPS) is 15.2. The molecule has 0 aliphatic rings. The van der Waals surface area contributed by atoms with Crippen LogP contribution in [0.25, 0.3) is 0 Å². The van der Waals surface area contributed by atoms with Crippen molar-refractivity contribution in [3.05, 3.63) is 0 Å². The third-order valence-corrected chi connectivity index (χ3v) is 4.08. The van der Waals surface area contributed by atoms with Crippen LogP contribution in [0.1, 0.15) is 13.8 Å². The van der Waals surface area contributed by atoms with Crippen LogP contribution in [0.4, 0.5) is 0 Å². The first-order valence-corrected chi connectivity index (χ1v) is 5.37. The van der Waals surface area contributed by atoms with Crippen molar-refractivity contribution in [2.24, 2.45) is 5.92 Å². The molecule has 0 aromatic heterocycles. The molecule has 0 spiro atoms. The van der Waals surface area contributed by atoms with Crippen molar-refractivity contribution in [3.63, 3.8) is 0 Å². The SMILES string of the molecule is COC(C(C)C)P(=O)(OC)OC. The highest BCUT2D eigenvalue weighted by molar-refractivity contribution is 7.54. The highest BCUT2D eigenvalue weighted by atomic mass is 31.2. The minimum Gasteiger partial charge on any atom is -0.369 e. The summed E-state index contributed by atoms with van der Waals surface area (Å²) >= 11 is 0. The molecule has 0 aromatic rings. The largest absolute Gasteiger partial charge is 0.369 e.